The van der Waals surface area contributed by atoms with Crippen molar-refractivity contribution in [2.75, 3.05) is 18.5 Å². The highest BCUT2D eigenvalue weighted by Gasteiger charge is 2.08. The first-order valence-electron chi connectivity index (χ1n) is 4.15. The van der Waals surface area contributed by atoms with Gasteiger partial charge in [-0.05, 0) is 12.1 Å². The zero-order valence-corrected chi connectivity index (χ0v) is 7.51. The van der Waals surface area contributed by atoms with Crippen molar-refractivity contribution >= 4 is 5.69 Å². The van der Waals surface area contributed by atoms with Crippen molar-refractivity contribution in [1.82, 2.24) is 4.98 Å². The molecule has 0 radical (unpaired) electrons. The summed E-state index contributed by atoms with van der Waals surface area (Å²) >= 11 is 0. The number of nitrogens with one attached hydrogen (secondary N) is 1. The molecule has 0 aromatic carbocycles. The van der Waals surface area contributed by atoms with E-state index in [1.165, 1.54) is 6.20 Å². The summed E-state index contributed by atoms with van der Waals surface area (Å²) in [6.45, 7) is -0.396. The van der Waals surface area contributed by atoms with Crippen molar-refractivity contribution in [3.63, 3.8) is 0 Å². The van der Waals surface area contributed by atoms with Gasteiger partial charge in [0.15, 0.2) is 5.69 Å². The molecule has 0 amide bonds. The third kappa shape index (κ3) is 2.42. The Morgan fingerprint density at radius 3 is 2.79 bits per heavy atom. The van der Waals surface area contributed by atoms with Crippen molar-refractivity contribution in [3.8, 4) is 6.07 Å². The van der Waals surface area contributed by atoms with Crippen LogP contribution in [-0.4, -0.2) is 34.5 Å². The van der Waals surface area contributed by atoms with Gasteiger partial charge in [-0.3, -0.25) is 0 Å². The quantitative estimate of drug-likeness (QED) is 0.612. The van der Waals surface area contributed by atoms with Crippen LogP contribution in [0.25, 0.3) is 0 Å². The number of aliphatic hydroxyl groups excluding tert-OH is 2. The van der Waals surface area contributed by atoms with Gasteiger partial charge in [0.25, 0.3) is 0 Å². The molecule has 0 saturated heterocycles. The summed E-state index contributed by atoms with van der Waals surface area (Å²) < 4.78 is 0. The first-order chi connectivity index (χ1) is 6.81. The van der Waals surface area contributed by atoms with Crippen LogP contribution in [0.5, 0.6) is 0 Å². The number of nitrogens with zero attached hydrogens (tertiary/aromatic N) is 2. The number of aromatic nitrogens is 1. The van der Waals surface area contributed by atoms with Gasteiger partial charge in [0, 0.05) is 6.20 Å². The van der Waals surface area contributed by atoms with E-state index < -0.39 is 6.04 Å². The minimum Gasteiger partial charge on any atom is -0.394 e. The van der Waals surface area contributed by atoms with Gasteiger partial charge in [-0.2, -0.15) is 5.26 Å². The highest BCUT2D eigenvalue weighted by atomic mass is 16.3. The van der Waals surface area contributed by atoms with Gasteiger partial charge in [0.1, 0.15) is 6.07 Å². The average Bonchev–Trinajstić information content (AvgIpc) is 2.26. The highest BCUT2D eigenvalue weighted by molar-refractivity contribution is 5.53. The monoisotopic (exact) mass is 193 g/mol. The second-order valence-corrected chi connectivity index (χ2v) is 2.72. The number of rotatable bonds is 4. The number of pyridine rings is 1. The Morgan fingerprint density at radius 2 is 2.21 bits per heavy atom. The first kappa shape index (κ1) is 10.4. The fourth-order valence-corrected chi connectivity index (χ4v) is 0.980. The Hall–Kier alpha value is -1.64. The molecule has 3 N–H and O–H groups in total. The van der Waals surface area contributed by atoms with Crippen molar-refractivity contribution < 1.29 is 10.2 Å². The number of hydrogen-bond acceptors (Lipinski definition) is 5. The standard InChI is InChI=1S/C9H11N3O2/c10-4-9-8(2-1-3-11-9)12-7(5-13)6-14/h1-3,7,12-14H,5-6H2. The molecule has 0 aliphatic rings. The lowest BCUT2D eigenvalue weighted by atomic mass is 10.2. The fraction of sp³-hybridized carbons (Fsp3) is 0.333. The lowest BCUT2D eigenvalue weighted by Gasteiger charge is -2.14. The summed E-state index contributed by atoms with van der Waals surface area (Å²) in [4.78, 5) is 3.83. The van der Waals surface area contributed by atoms with Crippen molar-refractivity contribution in [2.24, 2.45) is 0 Å². The number of anilines is 1. The third-order valence-corrected chi connectivity index (χ3v) is 1.71. The molecule has 5 nitrogen and oxygen atoms in total. The van der Waals surface area contributed by atoms with E-state index in [1.807, 2.05) is 6.07 Å². The molecule has 5 heteroatoms. The molecule has 0 atom stereocenters. The van der Waals surface area contributed by atoms with Crippen molar-refractivity contribution in [2.45, 2.75) is 6.04 Å². The van der Waals surface area contributed by atoms with Gasteiger partial charge in [0.05, 0.1) is 24.9 Å². The number of hydrogen-bond donors (Lipinski definition) is 3. The van der Waals surface area contributed by atoms with Gasteiger partial charge in [-0.25, -0.2) is 4.98 Å². The molecule has 0 aliphatic carbocycles. The predicted molar refractivity (Wildman–Crippen MR) is 50.5 cm³/mol. The zero-order valence-electron chi connectivity index (χ0n) is 7.51. The van der Waals surface area contributed by atoms with Crippen molar-refractivity contribution in [3.05, 3.63) is 24.0 Å². The first-order valence-corrected chi connectivity index (χ1v) is 4.15. The van der Waals surface area contributed by atoms with Gasteiger partial charge in [-0.1, -0.05) is 0 Å². The maximum Gasteiger partial charge on any atom is 0.163 e. The Morgan fingerprint density at radius 1 is 1.50 bits per heavy atom. The van der Waals surface area contributed by atoms with E-state index in [0.717, 1.165) is 0 Å². The molecular formula is C9H11N3O2. The van der Waals surface area contributed by atoms with Gasteiger partial charge in [-0.15, -0.1) is 0 Å². The van der Waals surface area contributed by atoms with E-state index in [9.17, 15) is 0 Å². The smallest absolute Gasteiger partial charge is 0.163 e. The van der Waals surface area contributed by atoms with Crippen LogP contribution in [0.15, 0.2) is 18.3 Å². The molecule has 0 aliphatic heterocycles. The fourth-order valence-electron chi connectivity index (χ4n) is 0.980. The molecule has 1 aromatic rings. The van der Waals surface area contributed by atoms with E-state index in [-0.39, 0.29) is 18.9 Å². The molecular weight excluding hydrogens is 182 g/mol. The lowest BCUT2D eigenvalue weighted by molar-refractivity contribution is 0.204. The molecule has 0 unspecified atom stereocenters. The van der Waals surface area contributed by atoms with Gasteiger partial charge in [0.2, 0.25) is 0 Å². The molecule has 74 valence electrons. The van der Waals surface area contributed by atoms with Gasteiger partial charge < -0.3 is 15.5 Å². The third-order valence-electron chi connectivity index (χ3n) is 1.71. The molecule has 14 heavy (non-hydrogen) atoms. The predicted octanol–water partition coefficient (Wildman–Crippen LogP) is -0.282. The van der Waals surface area contributed by atoms with Crippen molar-refractivity contribution in [1.29, 1.82) is 5.26 Å². The minimum atomic E-state index is -0.466. The largest absolute Gasteiger partial charge is 0.394 e. The normalized spacial score (nSPS) is 9.86. The van der Waals surface area contributed by atoms with E-state index in [0.29, 0.717) is 5.69 Å². The van der Waals surface area contributed by atoms with Crippen LogP contribution in [0.2, 0.25) is 0 Å². The molecule has 1 aromatic heterocycles. The SMILES string of the molecule is N#Cc1ncccc1NC(CO)CO. The molecule has 0 spiro atoms. The zero-order chi connectivity index (χ0) is 10.4. The van der Waals surface area contributed by atoms with E-state index >= 15 is 0 Å². The maximum atomic E-state index is 8.83. The molecule has 0 fully saturated rings. The van der Waals surface area contributed by atoms with Crippen LogP contribution >= 0.6 is 0 Å². The second-order valence-electron chi connectivity index (χ2n) is 2.72. The molecule has 0 saturated carbocycles. The molecule has 0 bridgehead atoms. The van der Waals surface area contributed by atoms with E-state index in [1.54, 1.807) is 12.1 Å². The number of aliphatic hydroxyl groups is 2. The second kappa shape index (κ2) is 5.17. The van der Waals surface area contributed by atoms with Crippen LogP contribution in [0, 0.1) is 11.3 Å². The van der Waals surface area contributed by atoms with Gasteiger partial charge >= 0.3 is 0 Å². The van der Waals surface area contributed by atoms with Crippen LogP contribution in [0.1, 0.15) is 5.69 Å². The summed E-state index contributed by atoms with van der Waals surface area (Å²) in [7, 11) is 0. The number of nitriles is 1. The Bertz CT molecular complexity index is 331. The minimum absolute atomic E-state index is 0.198. The molecule has 1 heterocycles. The average molecular weight is 193 g/mol. The Balaban J connectivity index is 2.80. The summed E-state index contributed by atoms with van der Waals surface area (Å²) in [6.07, 6.45) is 1.51. The topological polar surface area (TPSA) is 89.2 Å². The summed E-state index contributed by atoms with van der Waals surface area (Å²) in [6, 6.07) is 4.79. The van der Waals surface area contributed by atoms with Crippen LogP contribution in [-0.2, 0) is 0 Å². The highest BCUT2D eigenvalue weighted by Crippen LogP contribution is 2.11. The summed E-state index contributed by atoms with van der Waals surface area (Å²) in [5, 5.41) is 29.2. The lowest BCUT2D eigenvalue weighted by Crippen LogP contribution is -2.28. The Labute approximate surface area is 81.6 Å². The van der Waals surface area contributed by atoms with Crippen LogP contribution in [0.3, 0.4) is 0 Å². The molecule has 1 rings (SSSR count). The van der Waals surface area contributed by atoms with E-state index in [2.05, 4.69) is 10.3 Å². The van der Waals surface area contributed by atoms with E-state index in [4.69, 9.17) is 15.5 Å². The maximum absolute atomic E-state index is 8.83. The summed E-state index contributed by atoms with van der Waals surface area (Å²) in [5.41, 5.74) is 0.766. The Kier molecular flexibility index (Phi) is 3.85. The van der Waals surface area contributed by atoms with Crippen LogP contribution < -0.4 is 5.32 Å². The summed E-state index contributed by atoms with van der Waals surface area (Å²) in [5.74, 6) is 0. The van der Waals surface area contributed by atoms with Crippen LogP contribution in [0.4, 0.5) is 5.69 Å².